The lowest BCUT2D eigenvalue weighted by Crippen LogP contribution is -2.34. The van der Waals surface area contributed by atoms with E-state index in [0.717, 1.165) is 24.2 Å². The van der Waals surface area contributed by atoms with E-state index in [-0.39, 0.29) is 23.7 Å². The van der Waals surface area contributed by atoms with E-state index >= 15 is 0 Å². The largest absolute Gasteiger partial charge is 0.491 e. The van der Waals surface area contributed by atoms with Gasteiger partial charge in [0.1, 0.15) is 12.4 Å². The summed E-state index contributed by atoms with van der Waals surface area (Å²) in [4.78, 5) is 26.6. The number of carbonyl (C=O) groups is 2. The van der Waals surface area contributed by atoms with E-state index in [1.807, 2.05) is 32.0 Å². The fraction of sp³-hybridized carbons (Fsp3) is 0.500. The Bertz CT molecular complexity index is 688. The topological polar surface area (TPSA) is 46.6 Å². The standard InChI is InChI=1S/C20H25NO3/c1-12-6-5-7-18(15(12)4)24-9-8-21-19(22)16-10-13(2)14(3)11-17(16)20(21)23/h5-7,16-17H,8-11H2,1-4H3/t16-,17-/m0/s1. The van der Waals surface area contributed by atoms with Crippen molar-refractivity contribution in [1.82, 2.24) is 4.90 Å². The van der Waals surface area contributed by atoms with Crippen LogP contribution in [-0.4, -0.2) is 29.9 Å². The molecule has 0 N–H and O–H groups in total. The Morgan fingerprint density at radius 1 is 1.00 bits per heavy atom. The normalized spacial score (nSPS) is 23.8. The zero-order chi connectivity index (χ0) is 17.4. The van der Waals surface area contributed by atoms with Crippen LogP contribution in [0.3, 0.4) is 0 Å². The maximum atomic E-state index is 12.6. The molecule has 3 rings (SSSR count). The third kappa shape index (κ3) is 2.85. The van der Waals surface area contributed by atoms with Crippen molar-refractivity contribution in [3.05, 3.63) is 40.5 Å². The summed E-state index contributed by atoms with van der Waals surface area (Å²) in [7, 11) is 0. The first-order chi connectivity index (χ1) is 11.4. The number of imide groups is 1. The molecule has 4 heteroatoms. The van der Waals surface area contributed by atoms with Crippen molar-refractivity contribution in [2.75, 3.05) is 13.2 Å². The molecule has 2 aliphatic rings. The van der Waals surface area contributed by atoms with E-state index in [4.69, 9.17) is 4.74 Å². The van der Waals surface area contributed by atoms with Crippen LogP contribution in [0.4, 0.5) is 0 Å². The molecule has 1 aromatic rings. The van der Waals surface area contributed by atoms with Crippen LogP contribution in [0.15, 0.2) is 29.3 Å². The Hall–Kier alpha value is -2.10. The van der Waals surface area contributed by atoms with Gasteiger partial charge in [-0.05, 0) is 57.7 Å². The van der Waals surface area contributed by atoms with Gasteiger partial charge < -0.3 is 4.74 Å². The molecule has 1 saturated heterocycles. The fourth-order valence-electron chi connectivity index (χ4n) is 3.67. The molecule has 0 bridgehead atoms. The van der Waals surface area contributed by atoms with Crippen molar-refractivity contribution in [2.24, 2.45) is 11.8 Å². The van der Waals surface area contributed by atoms with Crippen LogP contribution in [0.2, 0.25) is 0 Å². The zero-order valence-corrected chi connectivity index (χ0v) is 14.9. The quantitative estimate of drug-likeness (QED) is 0.629. The number of carbonyl (C=O) groups excluding carboxylic acids is 2. The highest BCUT2D eigenvalue weighted by atomic mass is 16.5. The Labute approximate surface area is 143 Å². The number of hydrogen-bond acceptors (Lipinski definition) is 3. The van der Waals surface area contributed by atoms with Gasteiger partial charge in [-0.1, -0.05) is 23.3 Å². The summed E-state index contributed by atoms with van der Waals surface area (Å²) in [6.07, 6.45) is 1.44. The summed E-state index contributed by atoms with van der Waals surface area (Å²) < 4.78 is 5.82. The molecule has 2 amide bonds. The summed E-state index contributed by atoms with van der Waals surface area (Å²) in [6.45, 7) is 8.86. The van der Waals surface area contributed by atoms with Crippen molar-refractivity contribution in [3.8, 4) is 5.75 Å². The van der Waals surface area contributed by atoms with Gasteiger partial charge in [0.05, 0.1) is 18.4 Å². The lowest BCUT2D eigenvalue weighted by atomic mass is 9.78. The Kier molecular flexibility index (Phi) is 4.48. The number of ether oxygens (including phenoxy) is 1. The van der Waals surface area contributed by atoms with E-state index < -0.39 is 0 Å². The molecule has 1 fully saturated rings. The van der Waals surface area contributed by atoms with Gasteiger partial charge in [0.15, 0.2) is 0 Å². The number of hydrogen-bond donors (Lipinski definition) is 0. The number of rotatable bonds is 4. The van der Waals surface area contributed by atoms with Crippen LogP contribution >= 0.6 is 0 Å². The fourth-order valence-corrected chi connectivity index (χ4v) is 3.67. The lowest BCUT2D eigenvalue weighted by Gasteiger charge is -2.23. The summed E-state index contributed by atoms with van der Waals surface area (Å²) in [5.74, 6) is 0.437. The lowest BCUT2D eigenvalue weighted by molar-refractivity contribution is -0.140. The van der Waals surface area contributed by atoms with Crippen LogP contribution in [0.25, 0.3) is 0 Å². The predicted molar refractivity (Wildman–Crippen MR) is 92.7 cm³/mol. The van der Waals surface area contributed by atoms with Gasteiger partial charge in [0.25, 0.3) is 0 Å². The number of benzene rings is 1. The number of nitrogens with zero attached hydrogens (tertiary/aromatic N) is 1. The van der Waals surface area contributed by atoms with E-state index in [1.165, 1.54) is 21.6 Å². The molecule has 0 radical (unpaired) electrons. The smallest absolute Gasteiger partial charge is 0.233 e. The molecule has 0 aromatic heterocycles. The zero-order valence-electron chi connectivity index (χ0n) is 14.9. The Morgan fingerprint density at radius 2 is 1.58 bits per heavy atom. The van der Waals surface area contributed by atoms with E-state index in [1.54, 1.807) is 0 Å². The second kappa shape index (κ2) is 6.42. The van der Waals surface area contributed by atoms with Crippen LogP contribution in [0.5, 0.6) is 5.75 Å². The van der Waals surface area contributed by atoms with Crippen LogP contribution < -0.4 is 4.74 Å². The molecule has 0 unspecified atom stereocenters. The van der Waals surface area contributed by atoms with Crippen LogP contribution in [0, 0.1) is 25.7 Å². The van der Waals surface area contributed by atoms with E-state index in [2.05, 4.69) is 13.8 Å². The van der Waals surface area contributed by atoms with Crippen LogP contribution in [-0.2, 0) is 9.59 Å². The second-order valence-electron chi connectivity index (χ2n) is 7.06. The molecular formula is C20H25NO3. The number of allylic oxidation sites excluding steroid dienone is 2. The maximum Gasteiger partial charge on any atom is 0.233 e. The van der Waals surface area contributed by atoms with Gasteiger partial charge in [-0.2, -0.15) is 0 Å². The van der Waals surface area contributed by atoms with E-state index in [9.17, 15) is 9.59 Å². The molecule has 4 nitrogen and oxygen atoms in total. The summed E-state index contributed by atoms with van der Waals surface area (Å²) in [6, 6.07) is 5.92. The summed E-state index contributed by atoms with van der Waals surface area (Å²) in [5, 5.41) is 0. The number of likely N-dealkylation sites (tertiary alicyclic amines) is 1. The van der Waals surface area contributed by atoms with Gasteiger partial charge >= 0.3 is 0 Å². The number of aryl methyl sites for hydroxylation is 1. The third-order valence-corrected chi connectivity index (χ3v) is 5.56. The Balaban J connectivity index is 1.64. The molecule has 24 heavy (non-hydrogen) atoms. The minimum absolute atomic E-state index is 0.0265. The average molecular weight is 327 g/mol. The van der Waals surface area contributed by atoms with Crippen molar-refractivity contribution in [3.63, 3.8) is 0 Å². The minimum Gasteiger partial charge on any atom is -0.491 e. The molecule has 1 aliphatic carbocycles. The average Bonchev–Trinajstić information content (AvgIpc) is 2.77. The SMILES string of the molecule is CC1=C(C)C[C@@H]2C(=O)N(CCOc3cccc(C)c3C)C(=O)[C@H]2C1. The van der Waals surface area contributed by atoms with Gasteiger partial charge in [0.2, 0.25) is 11.8 Å². The molecule has 128 valence electrons. The molecule has 0 saturated carbocycles. The predicted octanol–water partition coefficient (Wildman–Crippen LogP) is 3.41. The van der Waals surface area contributed by atoms with Crippen molar-refractivity contribution in [2.45, 2.75) is 40.5 Å². The van der Waals surface area contributed by atoms with Crippen LogP contribution in [0.1, 0.15) is 37.8 Å². The van der Waals surface area contributed by atoms with Gasteiger partial charge in [0, 0.05) is 0 Å². The van der Waals surface area contributed by atoms with Gasteiger partial charge in [-0.15, -0.1) is 0 Å². The third-order valence-electron chi connectivity index (χ3n) is 5.56. The highest BCUT2D eigenvalue weighted by molar-refractivity contribution is 6.05. The second-order valence-corrected chi connectivity index (χ2v) is 7.06. The van der Waals surface area contributed by atoms with Crippen molar-refractivity contribution >= 4 is 11.8 Å². The Morgan fingerprint density at radius 3 is 2.17 bits per heavy atom. The maximum absolute atomic E-state index is 12.6. The van der Waals surface area contributed by atoms with Gasteiger partial charge in [-0.25, -0.2) is 0 Å². The molecule has 0 spiro atoms. The number of amides is 2. The summed E-state index contributed by atoms with van der Waals surface area (Å²) >= 11 is 0. The first kappa shape index (κ1) is 16.7. The molecule has 1 aliphatic heterocycles. The van der Waals surface area contributed by atoms with Crippen molar-refractivity contribution in [1.29, 1.82) is 0 Å². The number of fused-ring (bicyclic) bond motifs is 1. The van der Waals surface area contributed by atoms with E-state index in [0.29, 0.717) is 13.2 Å². The molecule has 2 atom stereocenters. The molecule has 1 heterocycles. The van der Waals surface area contributed by atoms with Crippen molar-refractivity contribution < 1.29 is 14.3 Å². The highest BCUT2D eigenvalue weighted by Gasteiger charge is 2.48. The first-order valence-corrected chi connectivity index (χ1v) is 8.59. The molecular weight excluding hydrogens is 302 g/mol. The molecule has 1 aromatic carbocycles. The monoisotopic (exact) mass is 327 g/mol. The highest BCUT2D eigenvalue weighted by Crippen LogP contribution is 2.40. The first-order valence-electron chi connectivity index (χ1n) is 8.59. The minimum atomic E-state index is -0.165. The van der Waals surface area contributed by atoms with Gasteiger partial charge in [-0.3, -0.25) is 14.5 Å². The summed E-state index contributed by atoms with van der Waals surface area (Å²) in [5.41, 5.74) is 4.78.